The Kier molecular flexibility index (Phi) is 4.44. The van der Waals surface area contributed by atoms with E-state index >= 15 is 0 Å². The standard InChI is InChI=1S/C15H22N4O4/c1-8-6-16-13(21)11-10(17-7-19(8)11)12(20)18-9(2)14(22)23-15(3,4)5/h7-9H,6H2,1-5H3,(H,16,21)(H,18,20)/t8-,9-/m0/s1. The van der Waals surface area contributed by atoms with E-state index in [-0.39, 0.29) is 23.3 Å². The van der Waals surface area contributed by atoms with Crippen LogP contribution in [0.3, 0.4) is 0 Å². The number of nitrogens with one attached hydrogen (secondary N) is 2. The van der Waals surface area contributed by atoms with Crippen molar-refractivity contribution in [3.05, 3.63) is 17.7 Å². The lowest BCUT2D eigenvalue weighted by Crippen LogP contribution is -2.44. The fourth-order valence-electron chi connectivity index (χ4n) is 2.22. The first-order valence-corrected chi connectivity index (χ1v) is 7.49. The molecule has 0 radical (unpaired) electrons. The van der Waals surface area contributed by atoms with E-state index in [1.807, 2.05) is 6.92 Å². The predicted molar refractivity (Wildman–Crippen MR) is 82.0 cm³/mol. The van der Waals surface area contributed by atoms with Crippen LogP contribution in [0.25, 0.3) is 0 Å². The van der Waals surface area contributed by atoms with Crippen molar-refractivity contribution >= 4 is 17.8 Å². The first-order chi connectivity index (χ1) is 10.6. The summed E-state index contributed by atoms with van der Waals surface area (Å²) >= 11 is 0. The number of aromatic nitrogens is 2. The lowest BCUT2D eigenvalue weighted by molar-refractivity contribution is -0.156. The summed E-state index contributed by atoms with van der Waals surface area (Å²) in [4.78, 5) is 40.3. The van der Waals surface area contributed by atoms with Crippen LogP contribution in [0.5, 0.6) is 0 Å². The Labute approximate surface area is 134 Å². The molecular weight excluding hydrogens is 300 g/mol. The van der Waals surface area contributed by atoms with E-state index in [1.54, 1.807) is 25.3 Å². The molecule has 0 aliphatic carbocycles. The number of carbonyl (C=O) groups excluding carboxylic acids is 3. The molecule has 0 saturated heterocycles. The van der Waals surface area contributed by atoms with Crippen molar-refractivity contribution in [2.45, 2.75) is 52.3 Å². The Morgan fingerprint density at radius 3 is 2.74 bits per heavy atom. The Hall–Kier alpha value is -2.38. The molecule has 0 spiro atoms. The first-order valence-electron chi connectivity index (χ1n) is 7.49. The fourth-order valence-corrected chi connectivity index (χ4v) is 2.22. The number of fused-ring (bicyclic) bond motifs is 1. The second kappa shape index (κ2) is 6.02. The number of carbonyl (C=O) groups is 3. The van der Waals surface area contributed by atoms with Crippen LogP contribution in [0.1, 0.15) is 61.6 Å². The Bertz CT molecular complexity index is 644. The van der Waals surface area contributed by atoms with E-state index < -0.39 is 23.5 Å². The van der Waals surface area contributed by atoms with Crippen molar-refractivity contribution in [1.29, 1.82) is 0 Å². The molecule has 0 unspecified atom stereocenters. The third-order valence-corrected chi connectivity index (χ3v) is 3.36. The molecule has 8 heteroatoms. The molecule has 1 aromatic rings. The van der Waals surface area contributed by atoms with Gasteiger partial charge in [0.1, 0.15) is 17.3 Å². The van der Waals surface area contributed by atoms with Gasteiger partial charge in [-0.25, -0.2) is 9.78 Å². The zero-order valence-corrected chi connectivity index (χ0v) is 14.0. The molecule has 1 aromatic heterocycles. The lowest BCUT2D eigenvalue weighted by atomic mass is 10.2. The van der Waals surface area contributed by atoms with Gasteiger partial charge in [-0.3, -0.25) is 9.59 Å². The molecule has 0 saturated carbocycles. The Morgan fingerprint density at radius 2 is 2.13 bits per heavy atom. The van der Waals surface area contributed by atoms with Gasteiger partial charge in [0.2, 0.25) is 0 Å². The van der Waals surface area contributed by atoms with Gasteiger partial charge in [0.05, 0.1) is 6.33 Å². The van der Waals surface area contributed by atoms with E-state index in [2.05, 4.69) is 15.6 Å². The number of amides is 2. The van der Waals surface area contributed by atoms with Crippen LogP contribution in [-0.2, 0) is 9.53 Å². The maximum Gasteiger partial charge on any atom is 0.328 e. The lowest BCUT2D eigenvalue weighted by Gasteiger charge is -2.23. The van der Waals surface area contributed by atoms with Crippen LogP contribution in [-0.4, -0.2) is 45.5 Å². The molecule has 2 atom stereocenters. The molecular formula is C15H22N4O4. The zero-order chi connectivity index (χ0) is 17.4. The monoisotopic (exact) mass is 322 g/mol. The van der Waals surface area contributed by atoms with Gasteiger partial charge in [0.15, 0.2) is 5.69 Å². The van der Waals surface area contributed by atoms with Crippen LogP contribution in [0.15, 0.2) is 6.33 Å². The average Bonchev–Trinajstić information content (AvgIpc) is 2.87. The summed E-state index contributed by atoms with van der Waals surface area (Å²) in [6, 6.07) is -0.830. The highest BCUT2D eigenvalue weighted by molar-refractivity contribution is 6.06. The molecule has 2 rings (SSSR count). The average molecular weight is 322 g/mol. The topological polar surface area (TPSA) is 102 Å². The van der Waals surface area contributed by atoms with Crippen molar-refractivity contribution in [2.24, 2.45) is 0 Å². The minimum atomic E-state index is -0.844. The van der Waals surface area contributed by atoms with Crippen molar-refractivity contribution < 1.29 is 19.1 Å². The number of esters is 1. The molecule has 0 aromatic carbocycles. The van der Waals surface area contributed by atoms with E-state index in [9.17, 15) is 14.4 Å². The summed E-state index contributed by atoms with van der Waals surface area (Å²) < 4.78 is 6.87. The second-order valence-corrected chi connectivity index (χ2v) is 6.64. The second-order valence-electron chi connectivity index (χ2n) is 6.64. The van der Waals surface area contributed by atoms with Crippen LogP contribution >= 0.6 is 0 Å². The van der Waals surface area contributed by atoms with Gasteiger partial charge in [0.25, 0.3) is 11.8 Å². The third-order valence-electron chi connectivity index (χ3n) is 3.36. The fraction of sp³-hybridized carbons (Fsp3) is 0.600. The summed E-state index contributed by atoms with van der Waals surface area (Å²) in [7, 11) is 0. The van der Waals surface area contributed by atoms with Gasteiger partial charge >= 0.3 is 5.97 Å². The minimum Gasteiger partial charge on any atom is -0.458 e. The van der Waals surface area contributed by atoms with Crippen molar-refractivity contribution in [3.8, 4) is 0 Å². The predicted octanol–water partition coefficient (Wildman–Crippen LogP) is 0.648. The van der Waals surface area contributed by atoms with Crippen molar-refractivity contribution in [2.75, 3.05) is 6.54 Å². The van der Waals surface area contributed by atoms with E-state index in [4.69, 9.17) is 4.74 Å². The summed E-state index contributed by atoms with van der Waals surface area (Å²) in [6.45, 7) is 9.16. The van der Waals surface area contributed by atoms with Crippen LogP contribution in [0.2, 0.25) is 0 Å². The van der Waals surface area contributed by atoms with Crippen molar-refractivity contribution in [1.82, 2.24) is 20.2 Å². The molecule has 8 nitrogen and oxygen atoms in total. The molecule has 23 heavy (non-hydrogen) atoms. The summed E-state index contributed by atoms with van der Waals surface area (Å²) in [5.41, 5.74) is -0.430. The van der Waals surface area contributed by atoms with Crippen LogP contribution in [0, 0.1) is 0 Å². The van der Waals surface area contributed by atoms with Crippen LogP contribution in [0.4, 0.5) is 0 Å². The number of ether oxygens (including phenoxy) is 1. The summed E-state index contributed by atoms with van der Waals surface area (Å²) in [5.74, 6) is -1.48. The van der Waals surface area contributed by atoms with Gasteiger partial charge in [-0.05, 0) is 34.6 Å². The summed E-state index contributed by atoms with van der Waals surface area (Å²) in [6.07, 6.45) is 1.46. The smallest absolute Gasteiger partial charge is 0.328 e. The molecule has 1 aliphatic heterocycles. The maximum atomic E-state index is 12.3. The van der Waals surface area contributed by atoms with Gasteiger partial charge in [-0.1, -0.05) is 0 Å². The van der Waals surface area contributed by atoms with Gasteiger partial charge < -0.3 is 19.9 Å². The molecule has 1 aliphatic rings. The molecule has 0 bridgehead atoms. The third kappa shape index (κ3) is 3.69. The highest BCUT2D eigenvalue weighted by atomic mass is 16.6. The van der Waals surface area contributed by atoms with E-state index in [0.29, 0.717) is 6.54 Å². The quantitative estimate of drug-likeness (QED) is 0.795. The zero-order valence-electron chi connectivity index (χ0n) is 14.0. The molecule has 0 fully saturated rings. The normalized spacial score (nSPS) is 18.7. The number of hydrogen-bond donors (Lipinski definition) is 2. The molecule has 126 valence electrons. The largest absolute Gasteiger partial charge is 0.458 e. The number of imidazole rings is 1. The SMILES string of the molecule is C[C@H](NC(=O)c1ncn2c1C(=O)NC[C@@H]2C)C(=O)OC(C)(C)C. The van der Waals surface area contributed by atoms with Gasteiger partial charge in [-0.2, -0.15) is 0 Å². The molecule has 2 heterocycles. The maximum absolute atomic E-state index is 12.3. The van der Waals surface area contributed by atoms with Gasteiger partial charge in [0, 0.05) is 12.6 Å². The Balaban J connectivity index is 2.13. The van der Waals surface area contributed by atoms with Crippen molar-refractivity contribution in [3.63, 3.8) is 0 Å². The number of hydrogen-bond acceptors (Lipinski definition) is 5. The summed E-state index contributed by atoms with van der Waals surface area (Å²) in [5, 5.41) is 5.23. The minimum absolute atomic E-state index is 0.00413. The molecule has 2 amide bonds. The van der Waals surface area contributed by atoms with E-state index in [1.165, 1.54) is 13.3 Å². The first kappa shape index (κ1) is 17.0. The highest BCUT2D eigenvalue weighted by Crippen LogP contribution is 2.18. The highest BCUT2D eigenvalue weighted by Gasteiger charge is 2.31. The number of nitrogens with zero attached hydrogens (tertiary/aromatic N) is 2. The van der Waals surface area contributed by atoms with E-state index in [0.717, 1.165) is 0 Å². The van der Waals surface area contributed by atoms with Crippen LogP contribution < -0.4 is 10.6 Å². The molecule has 2 N–H and O–H groups in total. The Morgan fingerprint density at radius 1 is 1.48 bits per heavy atom. The van der Waals surface area contributed by atoms with Gasteiger partial charge in [-0.15, -0.1) is 0 Å². The number of rotatable bonds is 3.